The van der Waals surface area contributed by atoms with Crippen LogP contribution in [0.5, 0.6) is 23.0 Å². The van der Waals surface area contributed by atoms with Crippen LogP contribution in [0.3, 0.4) is 0 Å². The maximum absolute atomic E-state index is 12.2. The molecule has 7 heteroatoms. The number of esters is 1. The monoisotopic (exact) mass is 556 g/mol. The summed E-state index contributed by atoms with van der Waals surface area (Å²) in [4.78, 5) is 16.5. The van der Waals surface area contributed by atoms with Crippen LogP contribution in [0.2, 0.25) is 0 Å². The molecule has 0 radical (unpaired) electrons. The Morgan fingerprint density at radius 2 is 1.37 bits per heavy atom. The molecular weight excluding hydrogens is 516 g/mol. The van der Waals surface area contributed by atoms with Gasteiger partial charge in [0.1, 0.15) is 17.6 Å². The molecule has 3 aromatic rings. The van der Waals surface area contributed by atoms with E-state index in [1.807, 2.05) is 42.5 Å². The number of fused-ring (bicyclic) bond motifs is 1. The number of hydrogen-bond acceptors (Lipinski definition) is 7. The Morgan fingerprint density at radius 3 is 1.93 bits per heavy atom. The Hall–Kier alpha value is -3.81. The molecule has 0 amide bonds. The zero-order valence-electron chi connectivity index (χ0n) is 24.7. The minimum absolute atomic E-state index is 0.0478. The fourth-order valence-corrected chi connectivity index (χ4v) is 5.17. The van der Waals surface area contributed by atoms with E-state index < -0.39 is 0 Å². The molecule has 41 heavy (non-hydrogen) atoms. The van der Waals surface area contributed by atoms with Gasteiger partial charge in [-0.25, -0.2) is 0 Å². The lowest BCUT2D eigenvalue weighted by Gasteiger charge is -2.25. The van der Waals surface area contributed by atoms with Crippen molar-refractivity contribution in [2.75, 3.05) is 48.1 Å². The number of likely N-dealkylation sites (N-methyl/N-ethyl adjacent to an activating group) is 2. The van der Waals surface area contributed by atoms with Crippen LogP contribution < -0.4 is 18.9 Å². The van der Waals surface area contributed by atoms with E-state index in [4.69, 9.17) is 18.9 Å². The van der Waals surface area contributed by atoms with Gasteiger partial charge in [-0.15, -0.1) is 0 Å². The minimum atomic E-state index is -0.138. The van der Waals surface area contributed by atoms with Crippen LogP contribution in [0.15, 0.2) is 66.7 Å². The summed E-state index contributed by atoms with van der Waals surface area (Å²) in [6.07, 6.45) is 2.69. The van der Waals surface area contributed by atoms with Gasteiger partial charge in [0.25, 0.3) is 0 Å². The van der Waals surface area contributed by atoms with Gasteiger partial charge in [-0.2, -0.15) is 0 Å². The maximum atomic E-state index is 12.2. The smallest absolute Gasteiger partial charge is 0.314 e. The highest BCUT2D eigenvalue weighted by Crippen LogP contribution is 2.40. The van der Waals surface area contributed by atoms with Crippen LogP contribution in [-0.2, 0) is 4.79 Å². The molecular formula is C34H40N2O5. The summed E-state index contributed by atoms with van der Waals surface area (Å²) in [7, 11) is 8.25. The number of carbonyl (C=O) groups is 1. The molecule has 0 unspecified atom stereocenters. The van der Waals surface area contributed by atoms with E-state index in [2.05, 4.69) is 69.2 Å². The maximum Gasteiger partial charge on any atom is 0.314 e. The van der Waals surface area contributed by atoms with Crippen molar-refractivity contribution in [2.45, 2.75) is 32.3 Å². The lowest BCUT2D eigenvalue weighted by molar-refractivity contribution is -0.135. The van der Waals surface area contributed by atoms with E-state index in [0.717, 1.165) is 71.9 Å². The quantitative estimate of drug-likeness (QED) is 0.155. The van der Waals surface area contributed by atoms with E-state index in [1.165, 1.54) is 5.57 Å². The van der Waals surface area contributed by atoms with Gasteiger partial charge in [0.2, 0.25) is 6.79 Å². The van der Waals surface area contributed by atoms with Crippen LogP contribution in [0.25, 0.3) is 11.1 Å². The Morgan fingerprint density at radius 1 is 0.805 bits per heavy atom. The number of rotatable bonds is 12. The zero-order valence-corrected chi connectivity index (χ0v) is 24.7. The van der Waals surface area contributed by atoms with Crippen LogP contribution in [0.4, 0.5) is 0 Å². The second-order valence-electron chi connectivity index (χ2n) is 11.3. The van der Waals surface area contributed by atoms with Gasteiger partial charge < -0.3 is 28.7 Å². The third kappa shape index (κ3) is 7.29. The van der Waals surface area contributed by atoms with Gasteiger partial charge in [0.05, 0.1) is 5.92 Å². The van der Waals surface area contributed by atoms with Gasteiger partial charge in [-0.05, 0) is 112 Å². The fourth-order valence-electron chi connectivity index (χ4n) is 5.17. The SMILES string of the molecule is CCC(=C(c1ccc(OC(=O)C2CC2)cc1)c1ccc(OC(CN(C)C)CN(C)C)cc1)c1ccc2c(c1)OCO2. The number of ether oxygens (including phenoxy) is 4. The van der Waals surface area contributed by atoms with Gasteiger partial charge in [0.15, 0.2) is 11.5 Å². The summed E-state index contributed by atoms with van der Waals surface area (Å²) in [5, 5.41) is 0. The molecule has 7 nitrogen and oxygen atoms in total. The zero-order chi connectivity index (χ0) is 28.9. The summed E-state index contributed by atoms with van der Waals surface area (Å²) >= 11 is 0. The molecule has 0 spiro atoms. The third-order valence-corrected chi connectivity index (χ3v) is 7.23. The fraction of sp³-hybridized carbons (Fsp3) is 0.382. The number of nitrogens with zero attached hydrogens (tertiary/aromatic N) is 2. The number of carbonyl (C=O) groups excluding carboxylic acids is 1. The van der Waals surface area contributed by atoms with Crippen LogP contribution in [0, 0.1) is 5.92 Å². The number of allylic oxidation sites excluding steroid dienone is 1. The van der Waals surface area contributed by atoms with E-state index >= 15 is 0 Å². The third-order valence-electron chi connectivity index (χ3n) is 7.23. The molecule has 0 saturated heterocycles. The van der Waals surface area contributed by atoms with E-state index in [0.29, 0.717) is 5.75 Å². The topological polar surface area (TPSA) is 60.5 Å². The van der Waals surface area contributed by atoms with Crippen LogP contribution in [0.1, 0.15) is 42.9 Å². The second kappa shape index (κ2) is 12.8. The molecule has 5 rings (SSSR count). The van der Waals surface area contributed by atoms with Crippen LogP contribution in [-0.4, -0.2) is 69.9 Å². The van der Waals surface area contributed by atoms with Crippen molar-refractivity contribution in [3.05, 3.63) is 83.4 Å². The molecule has 1 saturated carbocycles. The number of hydrogen-bond donors (Lipinski definition) is 0. The number of benzene rings is 3. The lowest BCUT2D eigenvalue weighted by atomic mass is 9.88. The van der Waals surface area contributed by atoms with Crippen molar-refractivity contribution >= 4 is 17.1 Å². The molecule has 1 heterocycles. The van der Waals surface area contributed by atoms with E-state index in [9.17, 15) is 4.79 Å². The molecule has 2 aliphatic rings. The van der Waals surface area contributed by atoms with Gasteiger partial charge >= 0.3 is 5.97 Å². The molecule has 0 N–H and O–H groups in total. The van der Waals surface area contributed by atoms with Crippen LogP contribution >= 0.6 is 0 Å². The lowest BCUT2D eigenvalue weighted by Crippen LogP contribution is -2.38. The Kier molecular flexibility index (Phi) is 8.96. The summed E-state index contributed by atoms with van der Waals surface area (Å²) < 4.78 is 23.2. The largest absolute Gasteiger partial charge is 0.488 e. The summed E-state index contributed by atoms with van der Waals surface area (Å²) in [5.74, 6) is 2.85. The van der Waals surface area contributed by atoms with Gasteiger partial charge in [-0.3, -0.25) is 4.79 Å². The van der Waals surface area contributed by atoms with Crippen molar-refractivity contribution in [2.24, 2.45) is 5.92 Å². The van der Waals surface area contributed by atoms with Crippen molar-refractivity contribution in [3.63, 3.8) is 0 Å². The second-order valence-corrected chi connectivity index (χ2v) is 11.3. The average Bonchev–Trinajstić information content (AvgIpc) is 3.69. The Labute approximate surface area is 243 Å². The first-order chi connectivity index (χ1) is 19.8. The van der Waals surface area contributed by atoms with E-state index in [-0.39, 0.29) is 24.8 Å². The van der Waals surface area contributed by atoms with Crippen molar-refractivity contribution < 1.29 is 23.7 Å². The molecule has 1 aliphatic carbocycles. The molecule has 216 valence electrons. The summed E-state index contributed by atoms with van der Waals surface area (Å²) in [5.41, 5.74) is 5.48. The highest BCUT2D eigenvalue weighted by molar-refractivity contribution is 5.99. The van der Waals surface area contributed by atoms with Crippen molar-refractivity contribution in [1.82, 2.24) is 9.80 Å². The standard InChI is InChI=1S/C34H40N2O5/c1-6-30(26-13-18-31-32(19-26)39-22-38-31)33(24-11-16-28(17-12-24)41-34(37)25-7-8-25)23-9-14-27(15-10-23)40-29(20-35(2)3)21-36(4)5/h9-19,25,29H,6-8,20-22H2,1-5H3. The summed E-state index contributed by atoms with van der Waals surface area (Å²) in [6, 6.07) is 22.3. The highest BCUT2D eigenvalue weighted by atomic mass is 16.7. The molecule has 0 bridgehead atoms. The van der Waals surface area contributed by atoms with Gasteiger partial charge in [-0.1, -0.05) is 37.3 Å². The molecule has 0 atom stereocenters. The predicted molar refractivity (Wildman–Crippen MR) is 162 cm³/mol. The first-order valence-electron chi connectivity index (χ1n) is 14.3. The predicted octanol–water partition coefficient (Wildman–Crippen LogP) is 5.97. The average molecular weight is 557 g/mol. The first kappa shape index (κ1) is 28.7. The first-order valence-corrected chi connectivity index (χ1v) is 14.3. The van der Waals surface area contributed by atoms with E-state index in [1.54, 1.807) is 0 Å². The molecule has 3 aromatic carbocycles. The normalized spacial score (nSPS) is 14.9. The Bertz CT molecular complexity index is 1370. The summed E-state index contributed by atoms with van der Waals surface area (Å²) in [6.45, 7) is 4.05. The molecule has 1 fully saturated rings. The molecule has 1 aliphatic heterocycles. The molecule has 0 aromatic heterocycles. The van der Waals surface area contributed by atoms with Crippen molar-refractivity contribution in [1.29, 1.82) is 0 Å². The van der Waals surface area contributed by atoms with Gasteiger partial charge in [0, 0.05) is 13.1 Å². The Balaban J connectivity index is 1.49. The van der Waals surface area contributed by atoms with Crippen molar-refractivity contribution in [3.8, 4) is 23.0 Å². The highest BCUT2D eigenvalue weighted by Gasteiger charge is 2.31. The minimum Gasteiger partial charge on any atom is -0.488 e.